The molecule has 3 saturated carbocycles. The third-order valence-electron chi connectivity index (χ3n) is 4.34. The molecule has 1 heteroatoms. The van der Waals surface area contributed by atoms with Crippen molar-refractivity contribution in [3.63, 3.8) is 0 Å². The van der Waals surface area contributed by atoms with Crippen molar-refractivity contribution in [1.82, 2.24) is 0 Å². The zero-order valence-electron chi connectivity index (χ0n) is 8.05. The van der Waals surface area contributed by atoms with Crippen molar-refractivity contribution >= 4 is 6.29 Å². The van der Waals surface area contributed by atoms with E-state index in [0.717, 1.165) is 30.5 Å². The number of hydrogen-bond donors (Lipinski definition) is 0. The predicted octanol–water partition coefficient (Wildman–Crippen LogP) is 2.65. The van der Waals surface area contributed by atoms with Crippen LogP contribution in [0.4, 0.5) is 0 Å². The van der Waals surface area contributed by atoms with Crippen LogP contribution in [0.2, 0.25) is 0 Å². The highest BCUT2D eigenvalue weighted by Gasteiger charge is 2.52. The third kappa shape index (κ3) is 1.02. The van der Waals surface area contributed by atoms with E-state index in [1.165, 1.54) is 19.3 Å². The zero-order chi connectivity index (χ0) is 8.77. The summed E-state index contributed by atoms with van der Waals surface area (Å²) in [5, 5.41) is 0. The summed E-state index contributed by atoms with van der Waals surface area (Å²) in [6, 6.07) is 0. The molecule has 0 heterocycles. The first-order valence-electron chi connectivity index (χ1n) is 5.08. The normalized spacial score (nSPS) is 43.3. The Bertz CT molecular complexity index is 181. The highest BCUT2D eigenvalue weighted by Crippen LogP contribution is 2.60. The molecule has 0 aliphatic heterocycles. The van der Waals surface area contributed by atoms with Gasteiger partial charge in [-0.15, -0.1) is 0 Å². The molecule has 0 saturated heterocycles. The van der Waals surface area contributed by atoms with Gasteiger partial charge < -0.3 is 4.79 Å². The van der Waals surface area contributed by atoms with Gasteiger partial charge in [0.1, 0.15) is 6.29 Å². The van der Waals surface area contributed by atoms with Crippen LogP contribution in [0, 0.1) is 23.2 Å². The first-order valence-corrected chi connectivity index (χ1v) is 5.08. The second-order valence-electron chi connectivity index (χ2n) is 5.19. The molecule has 3 fully saturated rings. The van der Waals surface area contributed by atoms with E-state index in [4.69, 9.17) is 0 Å². The number of rotatable bonds is 2. The number of carbonyl (C=O) groups excluding carboxylic acids is 1. The molecule has 2 unspecified atom stereocenters. The molecule has 0 radical (unpaired) electrons. The lowest BCUT2D eigenvalue weighted by atomic mass is 9.46. The SMILES string of the molecule is CC1(C)C2CC(CC=O)C[C@@H]1C2. The molecular weight excluding hydrogens is 148 g/mol. The van der Waals surface area contributed by atoms with Crippen LogP contribution in [0.25, 0.3) is 0 Å². The molecule has 0 aromatic carbocycles. The first-order chi connectivity index (χ1) is 5.64. The van der Waals surface area contributed by atoms with Crippen LogP contribution < -0.4 is 0 Å². The molecule has 0 amide bonds. The molecule has 0 N–H and O–H groups in total. The van der Waals surface area contributed by atoms with Gasteiger partial charge in [0.05, 0.1) is 0 Å². The van der Waals surface area contributed by atoms with E-state index in [-0.39, 0.29) is 0 Å². The van der Waals surface area contributed by atoms with Crippen molar-refractivity contribution in [2.75, 3.05) is 0 Å². The number of fused-ring (bicyclic) bond motifs is 2. The summed E-state index contributed by atoms with van der Waals surface area (Å²) in [5.41, 5.74) is 0.597. The van der Waals surface area contributed by atoms with Gasteiger partial charge in [-0.2, -0.15) is 0 Å². The van der Waals surface area contributed by atoms with Crippen molar-refractivity contribution in [1.29, 1.82) is 0 Å². The molecule has 1 nitrogen and oxygen atoms in total. The molecule has 3 rings (SSSR count). The predicted molar refractivity (Wildman–Crippen MR) is 48.8 cm³/mol. The molecule has 0 spiro atoms. The lowest BCUT2D eigenvalue weighted by Gasteiger charge is -2.58. The van der Waals surface area contributed by atoms with Gasteiger partial charge in [0.25, 0.3) is 0 Å². The van der Waals surface area contributed by atoms with E-state index in [1.807, 2.05) is 0 Å². The fraction of sp³-hybridized carbons (Fsp3) is 0.909. The van der Waals surface area contributed by atoms with Crippen LogP contribution in [0.15, 0.2) is 0 Å². The Labute approximate surface area is 74.5 Å². The van der Waals surface area contributed by atoms with Crippen molar-refractivity contribution < 1.29 is 4.79 Å². The van der Waals surface area contributed by atoms with Gasteiger partial charge in [-0.1, -0.05) is 13.8 Å². The molecule has 0 aromatic heterocycles. The van der Waals surface area contributed by atoms with Crippen molar-refractivity contribution in [3.05, 3.63) is 0 Å². The highest BCUT2D eigenvalue weighted by molar-refractivity contribution is 5.49. The number of carbonyl (C=O) groups is 1. The number of aldehydes is 1. The molecule has 2 bridgehead atoms. The quantitative estimate of drug-likeness (QED) is 0.576. The summed E-state index contributed by atoms with van der Waals surface area (Å²) in [6.07, 6.45) is 5.96. The largest absolute Gasteiger partial charge is 0.303 e. The number of hydrogen-bond acceptors (Lipinski definition) is 1. The summed E-state index contributed by atoms with van der Waals surface area (Å²) < 4.78 is 0. The van der Waals surface area contributed by atoms with E-state index in [0.29, 0.717) is 5.41 Å². The standard InChI is InChI=1S/C11H18O/c1-11(2)9-5-8(3-4-12)6-10(11)7-9/h4,8-10H,3,5-7H2,1-2H3/t8?,9-,10?/m1/s1. The Morgan fingerprint density at radius 2 is 1.83 bits per heavy atom. The fourth-order valence-corrected chi connectivity index (χ4v) is 3.15. The molecule has 12 heavy (non-hydrogen) atoms. The van der Waals surface area contributed by atoms with Crippen LogP contribution in [0.1, 0.15) is 39.5 Å². The van der Waals surface area contributed by atoms with Crippen LogP contribution in [0.3, 0.4) is 0 Å². The minimum Gasteiger partial charge on any atom is -0.303 e. The van der Waals surface area contributed by atoms with E-state index >= 15 is 0 Å². The Balaban J connectivity index is 1.96. The van der Waals surface area contributed by atoms with E-state index < -0.39 is 0 Å². The molecular formula is C11H18O. The van der Waals surface area contributed by atoms with Crippen molar-refractivity contribution in [2.24, 2.45) is 23.2 Å². The van der Waals surface area contributed by atoms with E-state index in [1.54, 1.807) is 0 Å². The van der Waals surface area contributed by atoms with E-state index in [2.05, 4.69) is 13.8 Å². The van der Waals surface area contributed by atoms with Gasteiger partial charge in [-0.3, -0.25) is 0 Å². The van der Waals surface area contributed by atoms with Gasteiger partial charge in [0.15, 0.2) is 0 Å². The van der Waals surface area contributed by atoms with Crippen LogP contribution in [0.5, 0.6) is 0 Å². The minimum absolute atomic E-state index is 0.597. The van der Waals surface area contributed by atoms with Gasteiger partial charge >= 0.3 is 0 Å². The van der Waals surface area contributed by atoms with Crippen molar-refractivity contribution in [2.45, 2.75) is 39.5 Å². The molecule has 3 aliphatic rings. The molecule has 0 aromatic rings. The first kappa shape index (κ1) is 8.28. The minimum atomic E-state index is 0.597. The highest BCUT2D eigenvalue weighted by atomic mass is 16.1. The monoisotopic (exact) mass is 166 g/mol. The average Bonchev–Trinajstić information content (AvgIpc) is 2.05. The summed E-state index contributed by atoms with van der Waals surface area (Å²) in [4.78, 5) is 10.4. The Kier molecular flexibility index (Phi) is 1.78. The lowest BCUT2D eigenvalue weighted by Crippen LogP contribution is -2.50. The Morgan fingerprint density at radius 1 is 1.25 bits per heavy atom. The third-order valence-corrected chi connectivity index (χ3v) is 4.34. The van der Waals surface area contributed by atoms with Gasteiger partial charge in [-0.05, 0) is 42.4 Å². The second-order valence-corrected chi connectivity index (χ2v) is 5.19. The van der Waals surface area contributed by atoms with Crippen molar-refractivity contribution in [3.8, 4) is 0 Å². The van der Waals surface area contributed by atoms with Gasteiger partial charge in [-0.25, -0.2) is 0 Å². The van der Waals surface area contributed by atoms with Crippen LogP contribution >= 0.6 is 0 Å². The summed E-state index contributed by atoms with van der Waals surface area (Å²) in [7, 11) is 0. The molecule has 3 atom stereocenters. The van der Waals surface area contributed by atoms with Gasteiger partial charge in [0.2, 0.25) is 0 Å². The molecule has 68 valence electrons. The maximum Gasteiger partial charge on any atom is 0.120 e. The topological polar surface area (TPSA) is 17.1 Å². The maximum atomic E-state index is 10.4. The smallest absolute Gasteiger partial charge is 0.120 e. The summed E-state index contributed by atoms with van der Waals surface area (Å²) in [6.45, 7) is 4.78. The Hall–Kier alpha value is -0.330. The molecule has 3 aliphatic carbocycles. The van der Waals surface area contributed by atoms with Crippen LogP contribution in [-0.4, -0.2) is 6.29 Å². The van der Waals surface area contributed by atoms with Crippen LogP contribution in [-0.2, 0) is 4.79 Å². The fourth-order valence-electron chi connectivity index (χ4n) is 3.15. The van der Waals surface area contributed by atoms with E-state index in [9.17, 15) is 4.79 Å². The second kappa shape index (κ2) is 2.58. The average molecular weight is 166 g/mol. The summed E-state index contributed by atoms with van der Waals surface area (Å²) in [5.74, 6) is 2.56. The van der Waals surface area contributed by atoms with Gasteiger partial charge in [0, 0.05) is 6.42 Å². The zero-order valence-corrected chi connectivity index (χ0v) is 8.05. The lowest BCUT2D eigenvalue weighted by molar-refractivity contribution is -0.115. The summed E-state index contributed by atoms with van der Waals surface area (Å²) >= 11 is 0. The Morgan fingerprint density at radius 3 is 2.25 bits per heavy atom. The maximum absolute atomic E-state index is 10.4.